The van der Waals surface area contributed by atoms with Gasteiger partial charge in [-0.1, -0.05) is 0 Å². The summed E-state index contributed by atoms with van der Waals surface area (Å²) < 4.78 is 11.0. The number of benzene rings is 1. The Hall–Kier alpha value is -1.75. The van der Waals surface area contributed by atoms with Crippen LogP contribution in [0.3, 0.4) is 0 Å². The van der Waals surface area contributed by atoms with Crippen molar-refractivity contribution in [3.8, 4) is 11.5 Å². The molecule has 0 aliphatic carbocycles. The average Bonchev–Trinajstić information content (AvgIpc) is 2.50. The minimum Gasteiger partial charge on any atom is -0.490 e. The Morgan fingerprint density at radius 1 is 1.14 bits per heavy atom. The van der Waals surface area contributed by atoms with Crippen LogP contribution in [-0.4, -0.2) is 48.8 Å². The number of aliphatic hydroxyl groups is 1. The summed E-state index contributed by atoms with van der Waals surface area (Å²) in [5.41, 5.74) is 0.571. The molecule has 0 saturated heterocycles. The van der Waals surface area contributed by atoms with Gasteiger partial charge in [0.2, 0.25) is 0 Å². The predicted molar refractivity (Wildman–Crippen MR) is 82.1 cm³/mol. The van der Waals surface area contributed by atoms with Crippen molar-refractivity contribution in [3.63, 3.8) is 0 Å². The predicted octanol–water partition coefficient (Wildman–Crippen LogP) is 2.33. The summed E-state index contributed by atoms with van der Waals surface area (Å²) in [5, 5.41) is 8.90. The molecule has 0 radical (unpaired) electrons. The molecule has 5 heteroatoms. The van der Waals surface area contributed by atoms with E-state index in [4.69, 9.17) is 14.6 Å². The minimum absolute atomic E-state index is 0.0602. The van der Waals surface area contributed by atoms with Crippen molar-refractivity contribution in [3.05, 3.63) is 23.8 Å². The summed E-state index contributed by atoms with van der Waals surface area (Å²) in [7, 11) is 0. The lowest BCUT2D eigenvalue weighted by Gasteiger charge is -2.21. The SMILES string of the molecule is CCOc1ccc(C(=O)N(CC)CCCO)cc1OCC. The first-order valence-corrected chi connectivity index (χ1v) is 7.47. The molecular weight excluding hydrogens is 270 g/mol. The molecule has 0 unspecified atom stereocenters. The third-order valence-electron chi connectivity index (χ3n) is 3.05. The Morgan fingerprint density at radius 3 is 2.38 bits per heavy atom. The fourth-order valence-corrected chi connectivity index (χ4v) is 2.03. The molecule has 1 aromatic carbocycles. The highest BCUT2D eigenvalue weighted by Gasteiger charge is 2.16. The second-order valence-electron chi connectivity index (χ2n) is 4.49. The van der Waals surface area contributed by atoms with Gasteiger partial charge in [-0.2, -0.15) is 0 Å². The number of hydrogen-bond acceptors (Lipinski definition) is 4. The van der Waals surface area contributed by atoms with Crippen molar-refractivity contribution in [1.82, 2.24) is 4.90 Å². The topological polar surface area (TPSA) is 59.0 Å². The third-order valence-corrected chi connectivity index (χ3v) is 3.05. The lowest BCUT2D eigenvalue weighted by molar-refractivity contribution is 0.0753. The summed E-state index contributed by atoms with van der Waals surface area (Å²) in [6, 6.07) is 5.23. The Balaban J connectivity index is 2.95. The van der Waals surface area contributed by atoms with E-state index in [0.29, 0.717) is 49.8 Å². The molecule has 1 aromatic rings. The van der Waals surface area contributed by atoms with E-state index in [1.54, 1.807) is 23.1 Å². The van der Waals surface area contributed by atoms with Crippen LogP contribution < -0.4 is 9.47 Å². The van der Waals surface area contributed by atoms with Gasteiger partial charge in [0, 0.05) is 25.3 Å². The van der Waals surface area contributed by atoms with E-state index in [2.05, 4.69) is 0 Å². The van der Waals surface area contributed by atoms with Crippen LogP contribution in [0.25, 0.3) is 0 Å². The molecule has 1 rings (SSSR count). The molecule has 5 nitrogen and oxygen atoms in total. The molecule has 0 fully saturated rings. The van der Waals surface area contributed by atoms with Gasteiger partial charge in [0.1, 0.15) is 0 Å². The lowest BCUT2D eigenvalue weighted by atomic mass is 10.1. The molecular formula is C16H25NO4. The molecule has 0 saturated carbocycles. The zero-order valence-corrected chi connectivity index (χ0v) is 13.1. The molecule has 0 aromatic heterocycles. The highest BCUT2D eigenvalue weighted by molar-refractivity contribution is 5.94. The molecule has 118 valence electrons. The van der Waals surface area contributed by atoms with Crippen LogP contribution in [0, 0.1) is 0 Å². The van der Waals surface area contributed by atoms with Gasteiger partial charge in [0.25, 0.3) is 5.91 Å². The molecule has 0 bridgehead atoms. The van der Waals surface area contributed by atoms with Gasteiger partial charge in [0.05, 0.1) is 13.2 Å². The number of nitrogens with zero attached hydrogens (tertiary/aromatic N) is 1. The van der Waals surface area contributed by atoms with Crippen molar-refractivity contribution in [2.45, 2.75) is 27.2 Å². The number of amides is 1. The van der Waals surface area contributed by atoms with Gasteiger partial charge in [-0.05, 0) is 45.4 Å². The smallest absolute Gasteiger partial charge is 0.253 e. The van der Waals surface area contributed by atoms with Crippen molar-refractivity contribution in [2.24, 2.45) is 0 Å². The van der Waals surface area contributed by atoms with Gasteiger partial charge < -0.3 is 19.5 Å². The maximum Gasteiger partial charge on any atom is 0.253 e. The lowest BCUT2D eigenvalue weighted by Crippen LogP contribution is -2.32. The Morgan fingerprint density at radius 2 is 1.81 bits per heavy atom. The standard InChI is InChI=1S/C16H25NO4/c1-4-17(10-7-11-18)16(19)13-8-9-14(20-5-2)15(12-13)21-6-3/h8-9,12,18H,4-7,10-11H2,1-3H3. The van der Waals surface area contributed by atoms with E-state index in [1.807, 2.05) is 20.8 Å². The molecule has 1 N–H and O–H groups in total. The second-order valence-corrected chi connectivity index (χ2v) is 4.49. The minimum atomic E-state index is -0.0602. The average molecular weight is 295 g/mol. The van der Waals surface area contributed by atoms with E-state index >= 15 is 0 Å². The van der Waals surface area contributed by atoms with Crippen molar-refractivity contribution in [1.29, 1.82) is 0 Å². The number of carbonyl (C=O) groups excluding carboxylic acids is 1. The number of hydrogen-bond donors (Lipinski definition) is 1. The van der Waals surface area contributed by atoms with Crippen LogP contribution in [0.5, 0.6) is 11.5 Å². The largest absolute Gasteiger partial charge is 0.490 e. The quantitative estimate of drug-likeness (QED) is 0.759. The van der Waals surface area contributed by atoms with Crippen LogP contribution in [-0.2, 0) is 0 Å². The van der Waals surface area contributed by atoms with E-state index in [9.17, 15) is 4.79 Å². The van der Waals surface area contributed by atoms with Gasteiger partial charge in [-0.3, -0.25) is 4.79 Å². The molecule has 0 heterocycles. The molecule has 0 aliphatic heterocycles. The fraction of sp³-hybridized carbons (Fsp3) is 0.562. The van der Waals surface area contributed by atoms with Gasteiger partial charge >= 0.3 is 0 Å². The van der Waals surface area contributed by atoms with Crippen LogP contribution in [0.4, 0.5) is 0 Å². The Bertz CT molecular complexity index is 448. The zero-order valence-electron chi connectivity index (χ0n) is 13.1. The zero-order chi connectivity index (χ0) is 15.7. The summed E-state index contributed by atoms with van der Waals surface area (Å²) in [5.74, 6) is 1.17. The van der Waals surface area contributed by atoms with E-state index < -0.39 is 0 Å². The highest BCUT2D eigenvalue weighted by atomic mass is 16.5. The fourth-order valence-electron chi connectivity index (χ4n) is 2.03. The van der Waals surface area contributed by atoms with Gasteiger partial charge in [0.15, 0.2) is 11.5 Å². The third kappa shape index (κ3) is 4.93. The molecule has 0 aliphatic rings. The summed E-state index contributed by atoms with van der Waals surface area (Å²) in [6.45, 7) is 8.01. The van der Waals surface area contributed by atoms with E-state index in [-0.39, 0.29) is 12.5 Å². The van der Waals surface area contributed by atoms with Crippen molar-refractivity contribution < 1.29 is 19.4 Å². The molecule has 0 spiro atoms. The van der Waals surface area contributed by atoms with Crippen molar-refractivity contribution >= 4 is 5.91 Å². The molecule has 1 amide bonds. The summed E-state index contributed by atoms with van der Waals surface area (Å²) in [4.78, 5) is 14.2. The Labute approximate surface area is 126 Å². The van der Waals surface area contributed by atoms with Crippen LogP contribution >= 0.6 is 0 Å². The van der Waals surface area contributed by atoms with E-state index in [0.717, 1.165) is 0 Å². The van der Waals surface area contributed by atoms with Crippen LogP contribution in [0.1, 0.15) is 37.6 Å². The maximum atomic E-state index is 12.5. The van der Waals surface area contributed by atoms with E-state index in [1.165, 1.54) is 0 Å². The number of rotatable bonds is 9. The van der Waals surface area contributed by atoms with Crippen LogP contribution in [0.15, 0.2) is 18.2 Å². The van der Waals surface area contributed by atoms with Gasteiger partial charge in [-0.15, -0.1) is 0 Å². The first kappa shape index (κ1) is 17.3. The van der Waals surface area contributed by atoms with Crippen molar-refractivity contribution in [2.75, 3.05) is 32.9 Å². The monoisotopic (exact) mass is 295 g/mol. The number of ether oxygens (including phenoxy) is 2. The maximum absolute atomic E-state index is 12.5. The van der Waals surface area contributed by atoms with Crippen LogP contribution in [0.2, 0.25) is 0 Å². The number of aliphatic hydroxyl groups excluding tert-OH is 1. The normalized spacial score (nSPS) is 10.3. The van der Waals surface area contributed by atoms with Gasteiger partial charge in [-0.25, -0.2) is 0 Å². The molecule has 0 atom stereocenters. The highest BCUT2D eigenvalue weighted by Crippen LogP contribution is 2.29. The molecule has 21 heavy (non-hydrogen) atoms. The number of carbonyl (C=O) groups is 1. The summed E-state index contributed by atoms with van der Waals surface area (Å²) >= 11 is 0. The summed E-state index contributed by atoms with van der Waals surface area (Å²) in [6.07, 6.45) is 0.578. The Kier molecular flexibility index (Phi) is 7.61. The first-order valence-electron chi connectivity index (χ1n) is 7.47. The first-order chi connectivity index (χ1) is 10.2. The second kappa shape index (κ2) is 9.23.